The minimum Gasteiger partial charge on any atom is -0.465 e. The Bertz CT molecular complexity index is 1110. The Hall–Kier alpha value is -3.44. The SMILES string of the molecule is CC(C)[C@@H](CCN)C[C@H](O)[C@H](CC1CCCCC1)NC(=O)[C@H](Cc1cnc[nH]1)NC(=O)[C@H](Cc1ccccc1)NC(=O)O. The zero-order valence-corrected chi connectivity index (χ0v) is 25.5. The van der Waals surface area contributed by atoms with Gasteiger partial charge in [0.25, 0.3) is 0 Å². The molecule has 1 aromatic heterocycles. The number of aromatic amines is 1. The van der Waals surface area contributed by atoms with Crippen molar-refractivity contribution in [2.24, 2.45) is 23.5 Å². The molecule has 1 fully saturated rings. The van der Waals surface area contributed by atoms with Crippen LogP contribution in [0.4, 0.5) is 4.79 Å². The molecule has 1 aromatic carbocycles. The Labute approximate surface area is 254 Å². The Morgan fingerprint density at radius 2 is 1.67 bits per heavy atom. The first kappa shape index (κ1) is 34.1. The highest BCUT2D eigenvalue weighted by atomic mass is 16.4. The van der Waals surface area contributed by atoms with Crippen molar-refractivity contribution in [3.8, 4) is 0 Å². The Kier molecular flexibility index (Phi) is 14.0. The number of imidazole rings is 1. The van der Waals surface area contributed by atoms with E-state index in [1.807, 2.05) is 30.3 Å². The van der Waals surface area contributed by atoms with Crippen molar-refractivity contribution in [3.63, 3.8) is 0 Å². The number of nitrogens with zero attached hydrogens (tertiary/aromatic N) is 1. The monoisotopic (exact) mass is 598 g/mol. The van der Waals surface area contributed by atoms with E-state index in [4.69, 9.17) is 5.73 Å². The van der Waals surface area contributed by atoms with Crippen LogP contribution in [0.2, 0.25) is 0 Å². The molecule has 238 valence electrons. The van der Waals surface area contributed by atoms with Gasteiger partial charge < -0.3 is 36.9 Å². The van der Waals surface area contributed by atoms with Gasteiger partial charge in [0.05, 0.1) is 18.5 Å². The predicted molar refractivity (Wildman–Crippen MR) is 165 cm³/mol. The highest BCUT2D eigenvalue weighted by molar-refractivity contribution is 5.91. The molecule has 3 amide bonds. The number of hydrogen-bond donors (Lipinski definition) is 7. The number of carboxylic acid groups (broad SMARTS) is 1. The molecule has 11 nitrogen and oxygen atoms in total. The normalized spacial score (nSPS) is 17.4. The number of hydrogen-bond acceptors (Lipinski definition) is 6. The first-order valence-corrected chi connectivity index (χ1v) is 15.7. The van der Waals surface area contributed by atoms with Crippen LogP contribution in [-0.2, 0) is 22.4 Å². The van der Waals surface area contributed by atoms with Crippen molar-refractivity contribution in [1.29, 1.82) is 0 Å². The molecule has 11 heteroatoms. The van der Waals surface area contributed by atoms with Crippen molar-refractivity contribution in [1.82, 2.24) is 25.9 Å². The summed E-state index contributed by atoms with van der Waals surface area (Å²) in [6.07, 6.45) is 8.79. The summed E-state index contributed by atoms with van der Waals surface area (Å²) in [4.78, 5) is 45.9. The van der Waals surface area contributed by atoms with Crippen LogP contribution in [0.3, 0.4) is 0 Å². The molecule has 1 aliphatic carbocycles. The molecule has 1 aliphatic rings. The van der Waals surface area contributed by atoms with Gasteiger partial charge in [-0.25, -0.2) is 9.78 Å². The van der Waals surface area contributed by atoms with E-state index >= 15 is 0 Å². The van der Waals surface area contributed by atoms with Crippen LogP contribution >= 0.6 is 0 Å². The number of nitrogens with two attached hydrogens (primary N) is 1. The second kappa shape index (κ2) is 17.6. The Morgan fingerprint density at radius 1 is 1.00 bits per heavy atom. The number of H-pyrrole nitrogens is 1. The summed E-state index contributed by atoms with van der Waals surface area (Å²) < 4.78 is 0. The minimum atomic E-state index is -1.33. The molecule has 0 spiro atoms. The van der Waals surface area contributed by atoms with Gasteiger partial charge in [0.1, 0.15) is 12.1 Å². The summed E-state index contributed by atoms with van der Waals surface area (Å²) in [5.41, 5.74) is 7.28. The lowest BCUT2D eigenvalue weighted by atomic mass is 9.80. The van der Waals surface area contributed by atoms with Gasteiger partial charge in [0, 0.05) is 24.7 Å². The van der Waals surface area contributed by atoms with Crippen LogP contribution in [0.15, 0.2) is 42.9 Å². The smallest absolute Gasteiger partial charge is 0.405 e. The van der Waals surface area contributed by atoms with E-state index in [9.17, 15) is 24.6 Å². The zero-order chi connectivity index (χ0) is 31.2. The molecular weight excluding hydrogens is 548 g/mol. The van der Waals surface area contributed by atoms with Crippen LogP contribution in [0.25, 0.3) is 0 Å². The van der Waals surface area contributed by atoms with E-state index in [1.165, 1.54) is 12.7 Å². The van der Waals surface area contributed by atoms with Crippen LogP contribution in [-0.4, -0.2) is 68.9 Å². The number of aliphatic hydroxyl groups is 1. The number of rotatable bonds is 17. The fourth-order valence-corrected chi connectivity index (χ4v) is 6.10. The summed E-state index contributed by atoms with van der Waals surface area (Å²) in [6, 6.07) is 6.47. The minimum absolute atomic E-state index is 0.122. The van der Waals surface area contributed by atoms with Gasteiger partial charge in [-0.1, -0.05) is 76.3 Å². The summed E-state index contributed by atoms with van der Waals surface area (Å²) in [5, 5.41) is 29.1. The third kappa shape index (κ3) is 11.6. The molecule has 43 heavy (non-hydrogen) atoms. The van der Waals surface area contributed by atoms with E-state index in [1.54, 1.807) is 6.20 Å². The van der Waals surface area contributed by atoms with Crippen LogP contribution < -0.4 is 21.7 Å². The topological polar surface area (TPSA) is 182 Å². The number of carbonyl (C=O) groups excluding carboxylic acids is 2. The third-order valence-electron chi connectivity index (χ3n) is 8.64. The number of aliphatic hydroxyl groups excluding tert-OH is 1. The molecule has 0 saturated heterocycles. The molecule has 5 atom stereocenters. The molecule has 2 aromatic rings. The predicted octanol–water partition coefficient (Wildman–Crippen LogP) is 3.14. The number of nitrogens with one attached hydrogen (secondary N) is 4. The van der Waals surface area contributed by atoms with Crippen molar-refractivity contribution in [2.75, 3.05) is 6.54 Å². The first-order chi connectivity index (χ1) is 20.7. The molecule has 0 unspecified atom stereocenters. The maximum absolute atomic E-state index is 13.9. The Balaban J connectivity index is 1.80. The molecule has 1 saturated carbocycles. The maximum Gasteiger partial charge on any atom is 0.405 e. The highest BCUT2D eigenvalue weighted by Gasteiger charge is 2.33. The van der Waals surface area contributed by atoms with E-state index in [0.29, 0.717) is 36.9 Å². The Morgan fingerprint density at radius 3 is 2.28 bits per heavy atom. The highest BCUT2D eigenvalue weighted by Crippen LogP contribution is 2.30. The van der Waals surface area contributed by atoms with Crippen LogP contribution in [0.5, 0.6) is 0 Å². The van der Waals surface area contributed by atoms with E-state index in [-0.39, 0.29) is 18.8 Å². The number of carbonyl (C=O) groups is 3. The van der Waals surface area contributed by atoms with Gasteiger partial charge in [-0.3, -0.25) is 9.59 Å². The maximum atomic E-state index is 13.9. The first-order valence-electron chi connectivity index (χ1n) is 15.7. The lowest BCUT2D eigenvalue weighted by Gasteiger charge is -2.33. The molecule has 0 bridgehead atoms. The summed E-state index contributed by atoms with van der Waals surface area (Å²) in [5.74, 6) is -0.0990. The summed E-state index contributed by atoms with van der Waals surface area (Å²) >= 11 is 0. The lowest BCUT2D eigenvalue weighted by molar-refractivity contribution is -0.131. The standard InChI is InChI=1S/C32H50N6O5/c1-21(2)24(13-14-33)17-29(39)26(15-22-9-5-3-6-10-22)36-31(41)28(18-25-19-34-20-35-25)37-30(40)27(38-32(42)43)16-23-11-7-4-8-12-23/h4,7-8,11-12,19-22,24,26-29,38-39H,3,5-6,9-10,13-18,33H2,1-2H3,(H,34,35)(H,36,41)(H,37,40)(H,42,43)/t24-,26-,27-,28-,29-/m0/s1. The van der Waals surface area contributed by atoms with Gasteiger partial charge in [-0.15, -0.1) is 0 Å². The lowest BCUT2D eigenvalue weighted by Crippen LogP contribution is -2.57. The van der Waals surface area contributed by atoms with E-state index in [2.05, 4.69) is 39.8 Å². The summed E-state index contributed by atoms with van der Waals surface area (Å²) in [6.45, 7) is 4.77. The van der Waals surface area contributed by atoms with Gasteiger partial charge in [0.15, 0.2) is 0 Å². The van der Waals surface area contributed by atoms with Crippen LogP contribution in [0.1, 0.15) is 76.5 Å². The van der Waals surface area contributed by atoms with Crippen molar-refractivity contribution < 1.29 is 24.6 Å². The van der Waals surface area contributed by atoms with Gasteiger partial charge in [-0.2, -0.15) is 0 Å². The van der Waals surface area contributed by atoms with E-state index in [0.717, 1.165) is 37.7 Å². The third-order valence-corrected chi connectivity index (χ3v) is 8.64. The van der Waals surface area contributed by atoms with Crippen molar-refractivity contribution in [2.45, 2.75) is 102 Å². The van der Waals surface area contributed by atoms with Gasteiger partial charge >= 0.3 is 6.09 Å². The average Bonchev–Trinajstić information content (AvgIpc) is 3.50. The number of amides is 3. The molecule has 1 heterocycles. The zero-order valence-electron chi connectivity index (χ0n) is 25.5. The van der Waals surface area contributed by atoms with E-state index < -0.39 is 42.1 Å². The van der Waals surface area contributed by atoms with Gasteiger partial charge in [0.2, 0.25) is 11.8 Å². The van der Waals surface area contributed by atoms with Crippen molar-refractivity contribution in [3.05, 3.63) is 54.1 Å². The fourth-order valence-electron chi connectivity index (χ4n) is 6.10. The van der Waals surface area contributed by atoms with Crippen molar-refractivity contribution >= 4 is 17.9 Å². The molecular formula is C32H50N6O5. The summed E-state index contributed by atoms with van der Waals surface area (Å²) in [7, 11) is 0. The second-order valence-corrected chi connectivity index (χ2v) is 12.3. The fraction of sp³-hybridized carbons (Fsp3) is 0.625. The quantitative estimate of drug-likeness (QED) is 0.146. The molecule has 8 N–H and O–H groups in total. The average molecular weight is 599 g/mol. The number of benzene rings is 1. The molecule has 0 radical (unpaired) electrons. The largest absolute Gasteiger partial charge is 0.465 e. The molecule has 0 aliphatic heterocycles. The van der Waals surface area contributed by atoms with Gasteiger partial charge in [-0.05, 0) is 49.1 Å². The van der Waals surface area contributed by atoms with Crippen LogP contribution in [0, 0.1) is 17.8 Å². The second-order valence-electron chi connectivity index (χ2n) is 12.3. The molecule has 3 rings (SSSR count). The number of aromatic nitrogens is 2.